The van der Waals surface area contributed by atoms with Gasteiger partial charge in [-0.25, -0.2) is 18.0 Å². The molecule has 9 aromatic carbocycles. The van der Waals surface area contributed by atoms with Gasteiger partial charge >= 0.3 is 5.97 Å². The van der Waals surface area contributed by atoms with E-state index in [0.717, 1.165) is 160 Å². The number of nitrogens with zero attached hydrogens (tertiary/aromatic N) is 3. The third-order valence-electron chi connectivity index (χ3n) is 20.0. The monoisotopic (exact) mass is 2080 g/mol. The molecule has 2 atom stereocenters. The molecule has 17 nitrogen and oxygen atoms in total. The van der Waals surface area contributed by atoms with Gasteiger partial charge in [0, 0.05) is 49.6 Å². The van der Waals surface area contributed by atoms with Crippen LogP contribution in [0.15, 0.2) is 224 Å². The Hall–Kier alpha value is -8.32. The molecule has 0 saturated heterocycles. The number of likely N-dealkylation sites (N-methyl/N-ethyl adjacent to an activating group) is 2. The maximum absolute atomic E-state index is 13.3. The van der Waals surface area contributed by atoms with Gasteiger partial charge in [0.15, 0.2) is 29.5 Å². The fraction of sp³-hybridized carbons (Fsp3) is 0.416. The number of benzene rings is 9. The van der Waals surface area contributed by atoms with Gasteiger partial charge in [0.05, 0.1) is 88.6 Å². The summed E-state index contributed by atoms with van der Waals surface area (Å²) < 4.78 is 70.0. The van der Waals surface area contributed by atoms with Gasteiger partial charge in [-0.05, 0) is 176 Å². The highest BCUT2D eigenvalue weighted by Crippen LogP contribution is 2.26. The highest BCUT2D eigenvalue weighted by Gasteiger charge is 2.33. The minimum atomic E-state index is -1.64. The molecule has 1 unspecified atom stereocenters. The molecule has 24 heteroatoms. The molecule has 0 bridgehead atoms. The SMILES string of the molecule is C.C.C.C[N+](C)(C)C(Cc1ccccc1)C(=O)NCCCCCCCC(=O)Nc1ccc(OCc2ccccc2)cc1.C[N+](C)(C)[C@@H](Cc1ccccc1)C(=O)NCCCCCCCCOc1ccc(OCc2cccc(Cl)c2)cc1.C[N+](C)(C)c1ccc(CC(=O)NCCCCCCCCOc2ccc(OC(=O)c3cc(F)c(F)c(F)c3)cc2)cc1.[I-].[I-].[I-]. The first kappa shape index (κ1) is 115. The minimum Gasteiger partial charge on any atom is -1.00 e. The van der Waals surface area contributed by atoms with Crippen LogP contribution in [0.5, 0.6) is 28.7 Å². The molecule has 0 fully saturated rings. The van der Waals surface area contributed by atoms with E-state index in [1.54, 1.807) is 12.1 Å². The number of rotatable bonds is 48. The van der Waals surface area contributed by atoms with Crippen molar-refractivity contribution in [1.29, 1.82) is 0 Å². The van der Waals surface area contributed by atoms with Crippen LogP contribution in [0, 0.1) is 17.5 Å². The molecule has 4 amide bonds. The van der Waals surface area contributed by atoms with Crippen molar-refractivity contribution in [2.24, 2.45) is 0 Å². The summed E-state index contributed by atoms with van der Waals surface area (Å²) in [7, 11) is 18.8. The lowest BCUT2D eigenvalue weighted by Crippen LogP contribution is -3.00. The van der Waals surface area contributed by atoms with Crippen LogP contribution in [0.3, 0.4) is 0 Å². The van der Waals surface area contributed by atoms with Crippen molar-refractivity contribution >= 4 is 52.6 Å². The number of anilines is 1. The van der Waals surface area contributed by atoms with Gasteiger partial charge in [-0.3, -0.25) is 23.7 Å². The number of unbranched alkanes of at least 4 members (excludes halogenated alkanes) is 14. The topological polar surface area (TPSA) is 180 Å². The Bertz CT molecular complexity index is 4430. The molecule has 0 aromatic heterocycles. The molecule has 9 aromatic rings. The molecule has 0 spiro atoms. The van der Waals surface area contributed by atoms with Crippen LogP contribution in [-0.4, -0.2) is 147 Å². The molecule has 0 heterocycles. The van der Waals surface area contributed by atoms with Crippen molar-refractivity contribution < 1.29 is 142 Å². The van der Waals surface area contributed by atoms with Gasteiger partial charge in [0.2, 0.25) is 11.8 Å². The summed E-state index contributed by atoms with van der Waals surface area (Å²) in [5.74, 6) is -2.02. The first-order valence-corrected chi connectivity index (χ1v) is 42.2. The van der Waals surface area contributed by atoms with E-state index in [9.17, 15) is 37.1 Å². The minimum absolute atomic E-state index is 0. The third-order valence-corrected chi connectivity index (χ3v) is 20.3. The van der Waals surface area contributed by atoms with Crippen molar-refractivity contribution in [1.82, 2.24) is 20.4 Å². The van der Waals surface area contributed by atoms with E-state index >= 15 is 0 Å². The Labute approximate surface area is 801 Å². The lowest BCUT2D eigenvalue weighted by Gasteiger charge is -2.33. The van der Waals surface area contributed by atoms with E-state index in [0.29, 0.717) is 84.2 Å². The second-order valence-corrected chi connectivity index (χ2v) is 33.2. The fourth-order valence-corrected chi connectivity index (χ4v) is 13.2. The second kappa shape index (κ2) is 62.8. The van der Waals surface area contributed by atoms with E-state index in [1.165, 1.54) is 41.8 Å². The standard InChI is InChI=1S/C33H43ClN2O3.C33H43N3O3.C32H37F3N2O4.3CH4.3HI/c1-36(2,3)32(25-27-14-9-8-10-15-27)33(37)35-22-11-6-4-5-7-12-23-38-30-18-20-31(21-19-30)39-26-28-16-13-17-29(34)24-28;1-36(2,3)31(25-27-15-9-7-10-16-27)33(38)34-24-14-6-4-5-13-19-32(37)35-29-20-22-30(23-21-29)39-26-28-17-11-8-12-18-28;1-37(2,3)25-12-10-23(11-13-25)20-30(38)36-18-8-6-4-5-7-9-19-40-26-14-16-27(17-15-26)41-32(39)24-21-28(33)31(35)29(34)22-24;;;;;;/h8-10,13-21,24,32H,4-7,11-12,22-23,25-26H2,1-3H3;7-12,15-18,20-23,31H,4-6,13-14,19,24-26H2,1-3H3,(H-,34,35,37,38);10-17,21-22H,4-9,18-20H2,1-3H3;3*1H4;3*1H/t32-;;;;;;;;/m0......../s1. The molecular formula is C101H138ClF3I3N7O10. The van der Waals surface area contributed by atoms with E-state index in [1.807, 2.05) is 152 Å². The van der Waals surface area contributed by atoms with Crippen molar-refractivity contribution in [3.8, 4) is 28.7 Å². The number of ether oxygens (including phenoxy) is 5. The van der Waals surface area contributed by atoms with Gasteiger partial charge in [-0.15, -0.1) is 0 Å². The maximum Gasteiger partial charge on any atom is 0.343 e. The summed E-state index contributed by atoms with van der Waals surface area (Å²) in [6, 6.07) is 68.8. The molecule has 0 aliphatic heterocycles. The number of quaternary nitrogens is 3. The Morgan fingerprint density at radius 3 is 1.16 bits per heavy atom. The van der Waals surface area contributed by atoms with E-state index in [4.69, 9.17) is 35.3 Å². The van der Waals surface area contributed by atoms with E-state index in [2.05, 4.69) is 121 Å². The van der Waals surface area contributed by atoms with Crippen LogP contribution in [0.2, 0.25) is 5.02 Å². The summed E-state index contributed by atoms with van der Waals surface area (Å²) in [5.41, 5.74) is 7.10. The van der Waals surface area contributed by atoms with Crippen LogP contribution < -0.4 is 121 Å². The number of nitrogens with one attached hydrogen (secondary N) is 4. The van der Waals surface area contributed by atoms with Gasteiger partial charge in [0.25, 0.3) is 11.8 Å². The average Bonchev–Trinajstić information content (AvgIpc) is 0.999. The van der Waals surface area contributed by atoms with E-state index in [-0.39, 0.29) is 136 Å². The highest BCUT2D eigenvalue weighted by molar-refractivity contribution is 6.30. The van der Waals surface area contributed by atoms with Crippen LogP contribution in [-0.2, 0) is 51.7 Å². The van der Waals surface area contributed by atoms with Crippen molar-refractivity contribution in [3.05, 3.63) is 280 Å². The molecule has 9 rings (SSSR count). The van der Waals surface area contributed by atoms with Crippen molar-refractivity contribution in [2.75, 3.05) is 102 Å². The summed E-state index contributed by atoms with van der Waals surface area (Å²) in [4.78, 5) is 62.3. The summed E-state index contributed by atoms with van der Waals surface area (Å²) in [6.07, 6.45) is 20.1. The largest absolute Gasteiger partial charge is 1.00 e. The molecule has 686 valence electrons. The van der Waals surface area contributed by atoms with Crippen LogP contribution in [0.4, 0.5) is 24.5 Å². The zero-order chi connectivity index (χ0) is 85.7. The second-order valence-electron chi connectivity index (χ2n) is 32.7. The molecule has 0 aliphatic carbocycles. The molecule has 0 saturated carbocycles. The number of amides is 4. The Kier molecular flexibility index (Phi) is 57.6. The Morgan fingerprint density at radius 1 is 0.368 bits per heavy atom. The lowest BCUT2D eigenvalue weighted by atomic mass is 10.0. The predicted molar refractivity (Wildman–Crippen MR) is 493 cm³/mol. The predicted octanol–water partition coefficient (Wildman–Crippen LogP) is 12.6. The number of halogens is 7. The fourth-order valence-electron chi connectivity index (χ4n) is 13.0. The molecule has 4 N–H and O–H groups in total. The zero-order valence-electron chi connectivity index (χ0n) is 72.4. The normalized spacial score (nSPS) is 11.2. The zero-order valence-corrected chi connectivity index (χ0v) is 79.6. The number of carbonyl (C=O) groups is 5. The highest BCUT2D eigenvalue weighted by atomic mass is 127. The smallest absolute Gasteiger partial charge is 0.343 e. The van der Waals surface area contributed by atoms with Crippen molar-refractivity contribution in [3.63, 3.8) is 0 Å². The average molecular weight is 2080 g/mol. The molecule has 0 aliphatic rings. The Morgan fingerprint density at radius 2 is 0.736 bits per heavy atom. The van der Waals surface area contributed by atoms with Crippen LogP contribution in [0.1, 0.15) is 176 Å². The summed E-state index contributed by atoms with van der Waals surface area (Å²) >= 11 is 6.02. The number of carbonyl (C=O) groups excluding carboxylic acids is 5. The van der Waals surface area contributed by atoms with Gasteiger partial charge < -0.3 is 126 Å². The molecule has 0 radical (unpaired) electrons. The van der Waals surface area contributed by atoms with Crippen LogP contribution >= 0.6 is 11.6 Å². The maximum atomic E-state index is 13.3. The summed E-state index contributed by atoms with van der Waals surface area (Å²) in [6.45, 7) is 4.37. The van der Waals surface area contributed by atoms with Gasteiger partial charge in [-0.1, -0.05) is 220 Å². The van der Waals surface area contributed by atoms with Gasteiger partial charge in [0.1, 0.15) is 47.6 Å². The van der Waals surface area contributed by atoms with Gasteiger partial charge in [-0.2, -0.15) is 0 Å². The van der Waals surface area contributed by atoms with Crippen molar-refractivity contribution in [2.45, 2.75) is 182 Å². The third kappa shape index (κ3) is 46.8. The first-order chi connectivity index (χ1) is 57.1. The van der Waals surface area contributed by atoms with E-state index < -0.39 is 29.0 Å². The Balaban J connectivity index is 0.000000916. The first-order valence-electron chi connectivity index (χ1n) is 41.8. The quantitative estimate of drug-likeness (QED) is 0.00716. The number of hydrogen-bond acceptors (Lipinski definition) is 10. The lowest BCUT2D eigenvalue weighted by molar-refractivity contribution is -0.886. The summed E-state index contributed by atoms with van der Waals surface area (Å²) in [5, 5.41) is 13.0. The number of hydrogen-bond donors (Lipinski definition) is 4. The van der Waals surface area contributed by atoms with Crippen LogP contribution in [0.25, 0.3) is 0 Å². The number of esters is 1. The molecule has 125 heavy (non-hydrogen) atoms. The molecular weight excluding hydrogens is 1940 g/mol.